The van der Waals surface area contributed by atoms with Crippen LogP contribution in [0.4, 0.5) is 0 Å². The maximum absolute atomic E-state index is 12.8. The van der Waals surface area contributed by atoms with Crippen molar-refractivity contribution in [3.63, 3.8) is 0 Å². The van der Waals surface area contributed by atoms with Crippen LogP contribution in [-0.2, 0) is 21.5 Å². The Morgan fingerprint density at radius 2 is 2.19 bits per heavy atom. The van der Waals surface area contributed by atoms with E-state index in [9.17, 15) is 4.79 Å². The average Bonchev–Trinajstić information content (AvgIpc) is 3.18. The van der Waals surface area contributed by atoms with E-state index in [2.05, 4.69) is 35.1 Å². The number of H-pyrrole nitrogens is 1. The van der Waals surface area contributed by atoms with Crippen LogP contribution >= 0.6 is 0 Å². The predicted octanol–water partition coefficient (Wildman–Crippen LogP) is 1.04. The highest BCUT2D eigenvalue weighted by Gasteiger charge is 2.47. The third-order valence-corrected chi connectivity index (χ3v) is 6.22. The normalized spacial score (nSPS) is 25.3. The summed E-state index contributed by atoms with van der Waals surface area (Å²) >= 11 is 0. The van der Waals surface area contributed by atoms with E-state index in [0.29, 0.717) is 13.2 Å². The van der Waals surface area contributed by atoms with Gasteiger partial charge in [0, 0.05) is 51.4 Å². The molecule has 0 saturated carbocycles. The predicted molar refractivity (Wildman–Crippen MR) is 103 cm³/mol. The monoisotopic (exact) mass is 373 g/mol. The molecule has 7 heteroatoms. The van der Waals surface area contributed by atoms with Crippen molar-refractivity contribution in [1.82, 2.24) is 25.1 Å². The third-order valence-electron chi connectivity index (χ3n) is 6.22. The second kappa shape index (κ2) is 7.73. The molecule has 1 spiro atoms. The van der Waals surface area contributed by atoms with Gasteiger partial charge in [0.2, 0.25) is 0 Å². The third kappa shape index (κ3) is 3.56. The molecule has 2 N–H and O–H groups in total. The molecule has 1 aromatic rings. The number of hydrogen-bond donors (Lipinski definition) is 2. The lowest BCUT2D eigenvalue weighted by Gasteiger charge is -2.50. The molecule has 148 valence electrons. The topological polar surface area (TPSA) is 73.5 Å². The first kappa shape index (κ1) is 18.7. The molecule has 7 nitrogen and oxygen atoms in total. The highest BCUT2D eigenvalue weighted by atomic mass is 16.5. The number of carbonyl (C=O) groups is 1. The molecule has 0 bridgehead atoms. The maximum Gasteiger partial charge on any atom is 0.253 e. The van der Waals surface area contributed by atoms with E-state index >= 15 is 0 Å². The summed E-state index contributed by atoms with van der Waals surface area (Å²) in [6, 6.07) is 0. The molecule has 0 unspecified atom stereocenters. The fourth-order valence-corrected chi connectivity index (χ4v) is 4.66. The lowest BCUT2D eigenvalue weighted by Crippen LogP contribution is -2.59. The van der Waals surface area contributed by atoms with Gasteiger partial charge in [-0.1, -0.05) is 11.6 Å². The number of hydrogen-bond acceptors (Lipinski definition) is 5. The number of rotatable bonds is 3. The van der Waals surface area contributed by atoms with E-state index in [1.54, 1.807) is 0 Å². The molecule has 1 atom stereocenters. The van der Waals surface area contributed by atoms with Crippen molar-refractivity contribution < 1.29 is 9.53 Å². The molecule has 3 aliphatic rings. The summed E-state index contributed by atoms with van der Waals surface area (Å²) in [6.07, 6.45) is 6.66. The fourth-order valence-electron chi connectivity index (χ4n) is 4.66. The van der Waals surface area contributed by atoms with Crippen molar-refractivity contribution in [2.45, 2.75) is 44.8 Å². The Labute approximate surface area is 161 Å². The highest BCUT2D eigenvalue weighted by Crippen LogP contribution is 2.42. The zero-order chi connectivity index (χ0) is 18.9. The molecule has 4 heterocycles. The molecular weight excluding hydrogens is 342 g/mol. The number of piperidine rings is 1. The van der Waals surface area contributed by atoms with E-state index in [1.807, 2.05) is 11.2 Å². The number of nitrogens with one attached hydrogen (secondary N) is 2. The lowest BCUT2D eigenvalue weighted by molar-refractivity contribution is -0.148. The Hall–Kier alpha value is -1.70. The zero-order valence-corrected chi connectivity index (χ0v) is 16.5. The number of aromatic nitrogens is 2. The molecule has 0 aliphatic carbocycles. The van der Waals surface area contributed by atoms with Crippen LogP contribution in [0.25, 0.3) is 0 Å². The summed E-state index contributed by atoms with van der Waals surface area (Å²) in [5.41, 5.74) is 3.73. The SMILES string of the molecule is CC(C)=CCN1CCc2[nH]cnc2C12CCN(C(=O)[C@H]1CNCCO1)CC2. The van der Waals surface area contributed by atoms with Gasteiger partial charge in [-0.2, -0.15) is 0 Å². The van der Waals surface area contributed by atoms with Crippen molar-refractivity contribution in [1.29, 1.82) is 0 Å². The Balaban J connectivity index is 1.51. The van der Waals surface area contributed by atoms with E-state index in [1.165, 1.54) is 17.0 Å². The van der Waals surface area contributed by atoms with E-state index in [4.69, 9.17) is 9.72 Å². The number of likely N-dealkylation sites (tertiary alicyclic amines) is 1. The standard InChI is InChI=1S/C20H31N5O2/c1-15(2)3-8-25-9-4-16-18(23-14-22-16)20(25)5-10-24(11-6-20)19(26)17-13-21-7-12-27-17/h3,14,17,21H,4-13H2,1-2H3,(H,22,23)/t17-/m1/s1. The Morgan fingerprint density at radius 3 is 2.89 bits per heavy atom. The number of ether oxygens (including phenoxy) is 1. The fraction of sp³-hybridized carbons (Fsp3) is 0.700. The van der Waals surface area contributed by atoms with Gasteiger partial charge in [-0.15, -0.1) is 0 Å². The minimum atomic E-state index is -0.332. The number of amides is 1. The van der Waals surface area contributed by atoms with Gasteiger partial charge >= 0.3 is 0 Å². The van der Waals surface area contributed by atoms with E-state index in [0.717, 1.165) is 52.0 Å². The first-order valence-electron chi connectivity index (χ1n) is 10.1. The van der Waals surface area contributed by atoms with Gasteiger partial charge in [-0.05, 0) is 26.7 Å². The van der Waals surface area contributed by atoms with Crippen molar-refractivity contribution >= 4 is 5.91 Å². The van der Waals surface area contributed by atoms with Crippen LogP contribution in [0.3, 0.4) is 0 Å². The van der Waals surface area contributed by atoms with Gasteiger partial charge in [-0.3, -0.25) is 9.69 Å². The molecule has 0 aromatic carbocycles. The van der Waals surface area contributed by atoms with E-state index < -0.39 is 0 Å². The summed E-state index contributed by atoms with van der Waals surface area (Å²) in [6.45, 7) is 9.85. The summed E-state index contributed by atoms with van der Waals surface area (Å²) in [4.78, 5) is 25.4. The number of fused-ring (bicyclic) bond motifs is 2. The van der Waals surface area contributed by atoms with Crippen LogP contribution in [0.2, 0.25) is 0 Å². The van der Waals surface area contributed by atoms with Crippen molar-refractivity contribution in [3.05, 3.63) is 29.4 Å². The molecule has 3 aliphatic heterocycles. The van der Waals surface area contributed by atoms with Crippen molar-refractivity contribution in [3.8, 4) is 0 Å². The first-order valence-corrected chi connectivity index (χ1v) is 10.1. The first-order chi connectivity index (χ1) is 13.1. The Morgan fingerprint density at radius 1 is 1.37 bits per heavy atom. The van der Waals surface area contributed by atoms with Crippen LogP contribution in [0.15, 0.2) is 18.0 Å². The van der Waals surface area contributed by atoms with Crippen molar-refractivity contribution in [2.75, 3.05) is 45.9 Å². The largest absolute Gasteiger partial charge is 0.366 e. The van der Waals surface area contributed by atoms with Gasteiger partial charge < -0.3 is 19.9 Å². The molecule has 2 fully saturated rings. The van der Waals surface area contributed by atoms with Crippen LogP contribution < -0.4 is 5.32 Å². The molecule has 0 radical (unpaired) electrons. The second-order valence-electron chi connectivity index (χ2n) is 8.13. The molecule has 1 amide bonds. The quantitative estimate of drug-likeness (QED) is 0.775. The Bertz CT molecular complexity index is 695. The van der Waals surface area contributed by atoms with Crippen LogP contribution in [-0.4, -0.2) is 77.7 Å². The van der Waals surface area contributed by atoms with Gasteiger partial charge in [0.05, 0.1) is 24.2 Å². The summed E-state index contributed by atoms with van der Waals surface area (Å²) in [5, 5.41) is 3.25. The van der Waals surface area contributed by atoms with Gasteiger partial charge in [-0.25, -0.2) is 4.98 Å². The molecular formula is C20H31N5O2. The highest BCUT2D eigenvalue weighted by molar-refractivity contribution is 5.81. The smallest absolute Gasteiger partial charge is 0.253 e. The molecule has 1 aromatic heterocycles. The number of morpholine rings is 1. The molecule has 4 rings (SSSR count). The number of allylic oxidation sites excluding steroid dienone is 1. The van der Waals surface area contributed by atoms with Crippen LogP contribution in [0.5, 0.6) is 0 Å². The summed E-state index contributed by atoms with van der Waals surface area (Å²) < 4.78 is 5.67. The van der Waals surface area contributed by atoms with Gasteiger partial charge in [0.1, 0.15) is 6.10 Å². The molecule has 2 saturated heterocycles. The average molecular weight is 374 g/mol. The van der Waals surface area contributed by atoms with Crippen LogP contribution in [0, 0.1) is 0 Å². The van der Waals surface area contributed by atoms with Crippen molar-refractivity contribution in [2.24, 2.45) is 0 Å². The van der Waals surface area contributed by atoms with Crippen LogP contribution in [0.1, 0.15) is 38.1 Å². The minimum Gasteiger partial charge on any atom is -0.366 e. The summed E-state index contributed by atoms with van der Waals surface area (Å²) in [5.74, 6) is 0.131. The summed E-state index contributed by atoms with van der Waals surface area (Å²) in [7, 11) is 0. The number of nitrogens with zero attached hydrogens (tertiary/aromatic N) is 3. The molecule has 27 heavy (non-hydrogen) atoms. The number of aromatic amines is 1. The number of carbonyl (C=O) groups excluding carboxylic acids is 1. The maximum atomic E-state index is 12.8. The van der Waals surface area contributed by atoms with Gasteiger partial charge in [0.25, 0.3) is 5.91 Å². The minimum absolute atomic E-state index is 0.0675. The second-order valence-corrected chi connectivity index (χ2v) is 8.13. The Kier molecular flexibility index (Phi) is 5.34. The van der Waals surface area contributed by atoms with Gasteiger partial charge in [0.15, 0.2) is 0 Å². The zero-order valence-electron chi connectivity index (χ0n) is 16.5. The number of imidazole rings is 1. The lowest BCUT2D eigenvalue weighted by atomic mass is 9.78. The van der Waals surface area contributed by atoms with E-state index in [-0.39, 0.29) is 17.6 Å².